The first-order chi connectivity index (χ1) is 14.9. The molecule has 1 atom stereocenters. The lowest BCUT2D eigenvalue weighted by atomic mass is 9.90. The summed E-state index contributed by atoms with van der Waals surface area (Å²) in [4.78, 5) is 39.0. The molecular weight excluding hydrogens is 392 g/mol. The zero-order chi connectivity index (χ0) is 22.0. The van der Waals surface area contributed by atoms with Crippen LogP contribution >= 0.6 is 0 Å². The molecule has 0 aromatic heterocycles. The maximum atomic E-state index is 13.1. The van der Waals surface area contributed by atoms with E-state index in [2.05, 4.69) is 16.7 Å². The van der Waals surface area contributed by atoms with Crippen molar-refractivity contribution in [3.05, 3.63) is 77.9 Å². The number of anilines is 1. The Bertz CT molecular complexity index is 1230. The van der Waals surface area contributed by atoms with Crippen LogP contribution in [0.4, 0.5) is 10.5 Å². The van der Waals surface area contributed by atoms with Gasteiger partial charge < -0.3 is 10.6 Å². The number of nitrogens with zero attached hydrogens (tertiary/aromatic N) is 2. The van der Waals surface area contributed by atoms with E-state index in [4.69, 9.17) is 5.26 Å². The zero-order valence-corrected chi connectivity index (χ0v) is 16.9. The molecule has 0 spiro atoms. The van der Waals surface area contributed by atoms with E-state index in [0.29, 0.717) is 11.3 Å². The van der Waals surface area contributed by atoms with Crippen LogP contribution in [0.3, 0.4) is 0 Å². The third-order valence-electron chi connectivity index (χ3n) is 5.42. The Morgan fingerprint density at radius 1 is 1.06 bits per heavy atom. The summed E-state index contributed by atoms with van der Waals surface area (Å²) < 4.78 is 0. The van der Waals surface area contributed by atoms with Gasteiger partial charge in [-0.15, -0.1) is 0 Å². The predicted molar refractivity (Wildman–Crippen MR) is 116 cm³/mol. The highest BCUT2D eigenvalue weighted by Gasteiger charge is 2.49. The number of nitrogens with one attached hydrogen (secondary N) is 2. The maximum Gasteiger partial charge on any atom is 0.325 e. The van der Waals surface area contributed by atoms with Crippen molar-refractivity contribution in [2.75, 3.05) is 11.9 Å². The van der Waals surface area contributed by atoms with Crippen LogP contribution in [0.25, 0.3) is 10.8 Å². The van der Waals surface area contributed by atoms with Crippen molar-refractivity contribution in [3.8, 4) is 6.07 Å². The number of hydrogen-bond donors (Lipinski definition) is 2. The number of carbonyl (C=O) groups excluding carboxylic acids is 3. The average molecular weight is 412 g/mol. The predicted octanol–water partition coefficient (Wildman–Crippen LogP) is 3.31. The van der Waals surface area contributed by atoms with Gasteiger partial charge in [-0.3, -0.25) is 14.5 Å². The number of hydrogen-bond acceptors (Lipinski definition) is 4. The number of carbonyl (C=O) groups is 3. The second-order valence-corrected chi connectivity index (χ2v) is 7.59. The molecule has 0 saturated carbocycles. The lowest BCUT2D eigenvalue weighted by Crippen LogP contribution is -2.42. The van der Waals surface area contributed by atoms with Crippen molar-refractivity contribution >= 4 is 34.3 Å². The van der Waals surface area contributed by atoms with Crippen molar-refractivity contribution < 1.29 is 14.4 Å². The Morgan fingerprint density at radius 2 is 1.77 bits per heavy atom. The molecule has 2 N–H and O–H groups in total. The monoisotopic (exact) mass is 412 g/mol. The summed E-state index contributed by atoms with van der Waals surface area (Å²) in [7, 11) is 0. The summed E-state index contributed by atoms with van der Waals surface area (Å²) >= 11 is 0. The molecule has 1 aliphatic rings. The van der Waals surface area contributed by atoms with Crippen molar-refractivity contribution in [2.45, 2.75) is 18.9 Å². The number of nitriles is 1. The highest BCUT2D eigenvalue weighted by atomic mass is 16.2. The van der Waals surface area contributed by atoms with Crippen molar-refractivity contribution in [1.82, 2.24) is 10.2 Å². The summed E-state index contributed by atoms with van der Waals surface area (Å²) in [6, 6.07) is 21.6. The van der Waals surface area contributed by atoms with E-state index in [-0.39, 0.29) is 6.42 Å². The van der Waals surface area contributed by atoms with Crippen LogP contribution in [0.2, 0.25) is 0 Å². The quantitative estimate of drug-likeness (QED) is 0.628. The minimum Gasteiger partial charge on any atom is -0.325 e. The van der Waals surface area contributed by atoms with Gasteiger partial charge in [-0.05, 0) is 47.0 Å². The fourth-order valence-corrected chi connectivity index (χ4v) is 3.68. The first kappa shape index (κ1) is 20.1. The molecule has 7 heteroatoms. The minimum atomic E-state index is -1.25. The summed E-state index contributed by atoms with van der Waals surface area (Å²) in [6.07, 6.45) is 0.282. The lowest BCUT2D eigenvalue weighted by molar-refractivity contribution is -0.133. The van der Waals surface area contributed by atoms with Gasteiger partial charge in [0.1, 0.15) is 12.1 Å². The van der Waals surface area contributed by atoms with Crippen LogP contribution in [-0.2, 0) is 21.5 Å². The van der Waals surface area contributed by atoms with Crippen molar-refractivity contribution in [2.24, 2.45) is 0 Å². The third kappa shape index (κ3) is 3.83. The second kappa shape index (κ2) is 7.92. The molecule has 4 rings (SSSR count). The zero-order valence-electron chi connectivity index (χ0n) is 16.9. The van der Waals surface area contributed by atoms with E-state index in [0.717, 1.165) is 21.2 Å². The molecule has 4 amide bonds. The molecule has 0 radical (unpaired) electrons. The molecule has 7 nitrogen and oxygen atoms in total. The largest absolute Gasteiger partial charge is 0.325 e. The van der Waals surface area contributed by atoms with Crippen molar-refractivity contribution in [3.63, 3.8) is 0 Å². The molecule has 1 saturated heterocycles. The van der Waals surface area contributed by atoms with Gasteiger partial charge in [0.15, 0.2) is 0 Å². The van der Waals surface area contributed by atoms with Gasteiger partial charge in [0.05, 0.1) is 12.5 Å². The van der Waals surface area contributed by atoms with Gasteiger partial charge in [0.2, 0.25) is 5.91 Å². The molecule has 154 valence electrons. The Morgan fingerprint density at radius 3 is 2.48 bits per heavy atom. The summed E-state index contributed by atoms with van der Waals surface area (Å²) in [6.45, 7) is 1.25. The summed E-state index contributed by atoms with van der Waals surface area (Å²) in [5.41, 5.74) is 0.762. The molecule has 1 aliphatic heterocycles. The van der Waals surface area contributed by atoms with E-state index in [1.165, 1.54) is 0 Å². The average Bonchev–Trinajstić information content (AvgIpc) is 2.99. The number of fused-ring (bicyclic) bond motifs is 1. The van der Waals surface area contributed by atoms with E-state index >= 15 is 0 Å². The smallest absolute Gasteiger partial charge is 0.325 e. The van der Waals surface area contributed by atoms with Gasteiger partial charge >= 0.3 is 6.03 Å². The summed E-state index contributed by atoms with van der Waals surface area (Å²) in [5, 5.41) is 16.1. The second-order valence-electron chi connectivity index (χ2n) is 7.59. The number of amides is 4. The first-order valence-electron chi connectivity index (χ1n) is 9.80. The molecule has 3 aromatic rings. The molecule has 0 unspecified atom stereocenters. The van der Waals surface area contributed by atoms with Crippen LogP contribution < -0.4 is 10.6 Å². The normalized spacial score (nSPS) is 18.0. The molecule has 31 heavy (non-hydrogen) atoms. The fraction of sp³-hybridized carbons (Fsp3) is 0.167. The molecule has 0 bridgehead atoms. The number of urea groups is 1. The van der Waals surface area contributed by atoms with Gasteiger partial charge in [0.25, 0.3) is 5.91 Å². The number of rotatable bonds is 5. The Kier molecular flexibility index (Phi) is 5.14. The fourth-order valence-electron chi connectivity index (χ4n) is 3.68. The lowest BCUT2D eigenvalue weighted by Gasteiger charge is -2.22. The molecule has 1 heterocycles. The highest BCUT2D eigenvalue weighted by Crippen LogP contribution is 2.31. The van der Waals surface area contributed by atoms with E-state index in [1.807, 2.05) is 42.5 Å². The molecule has 3 aromatic carbocycles. The first-order valence-corrected chi connectivity index (χ1v) is 9.80. The Balaban J connectivity index is 1.49. The Hall–Kier alpha value is -4.18. The maximum absolute atomic E-state index is 13.1. The summed E-state index contributed by atoms with van der Waals surface area (Å²) in [5.74, 6) is -0.966. The number of benzene rings is 3. The Labute approximate surface area is 179 Å². The third-order valence-corrected chi connectivity index (χ3v) is 5.42. The molecular formula is C24H20N4O3. The van der Waals surface area contributed by atoms with Crippen LogP contribution in [0.1, 0.15) is 18.1 Å². The standard InChI is InChI=1S/C24H20N4O3/c1-24(19-9-8-17-4-2-3-5-18(17)14-19)22(30)28(23(31)27-24)15-21(29)26-20-10-6-16(7-11-20)12-13-25/h2-11,14H,12,15H2,1H3,(H,26,29)(H,27,31)/t24-/m1/s1. The van der Waals surface area contributed by atoms with E-state index in [1.54, 1.807) is 31.2 Å². The van der Waals surface area contributed by atoms with Gasteiger partial charge in [-0.2, -0.15) is 5.26 Å². The van der Waals surface area contributed by atoms with Gasteiger partial charge in [0, 0.05) is 5.69 Å². The van der Waals surface area contributed by atoms with Crippen LogP contribution in [0.15, 0.2) is 66.7 Å². The van der Waals surface area contributed by atoms with Crippen molar-refractivity contribution in [1.29, 1.82) is 5.26 Å². The molecule has 0 aliphatic carbocycles. The molecule has 1 fully saturated rings. The van der Waals surface area contributed by atoms with Crippen LogP contribution in [0.5, 0.6) is 0 Å². The van der Waals surface area contributed by atoms with Gasteiger partial charge in [-0.25, -0.2) is 4.79 Å². The van der Waals surface area contributed by atoms with Crippen LogP contribution in [0, 0.1) is 11.3 Å². The SMILES string of the molecule is C[C@]1(c2ccc3ccccc3c2)NC(=O)N(CC(=O)Nc2ccc(CC#N)cc2)C1=O. The van der Waals surface area contributed by atoms with Gasteiger partial charge in [-0.1, -0.05) is 48.5 Å². The number of imide groups is 1. The van der Waals surface area contributed by atoms with E-state index in [9.17, 15) is 14.4 Å². The highest BCUT2D eigenvalue weighted by molar-refractivity contribution is 6.10. The minimum absolute atomic E-state index is 0.282. The van der Waals surface area contributed by atoms with Crippen LogP contribution in [-0.4, -0.2) is 29.3 Å². The topological polar surface area (TPSA) is 102 Å². The van der Waals surface area contributed by atoms with E-state index < -0.39 is 29.9 Å².